The third kappa shape index (κ3) is 4.54. The van der Waals surface area contributed by atoms with Crippen molar-refractivity contribution in [2.24, 2.45) is 11.7 Å². The molecule has 20 heavy (non-hydrogen) atoms. The van der Waals surface area contributed by atoms with Crippen molar-refractivity contribution in [3.05, 3.63) is 35.9 Å². The molecule has 1 aromatic rings. The van der Waals surface area contributed by atoms with Gasteiger partial charge in [-0.2, -0.15) is 0 Å². The monoisotopic (exact) mass is 296 g/mol. The Kier molecular flexibility index (Phi) is 8.68. The molecule has 0 aromatic heterocycles. The first kappa shape index (κ1) is 18.5. The quantitative estimate of drug-likeness (QED) is 0.445. The fourth-order valence-electron chi connectivity index (χ4n) is 2.20. The Hall–Kier alpha value is -1.52. The molecule has 0 saturated carbocycles. The number of nitrogens with one attached hydrogen (secondary N) is 1. The molecule has 1 unspecified atom stereocenters. The summed E-state index contributed by atoms with van der Waals surface area (Å²) in [6.45, 7) is 10.3. The summed E-state index contributed by atoms with van der Waals surface area (Å²) in [6, 6.07) is 3.60. The number of rotatable bonds is 2. The minimum atomic E-state index is 0.581. The first-order chi connectivity index (χ1) is 9.61. The number of halogens is 1. The molecule has 5 N–H and O–H groups in total. The topological polar surface area (TPSA) is 79.1 Å². The van der Waals surface area contributed by atoms with E-state index in [1.807, 2.05) is 6.07 Å². The average Bonchev–Trinajstić information content (AvgIpc) is 2.89. The van der Waals surface area contributed by atoms with Gasteiger partial charge in [0.05, 0.1) is 0 Å². The Bertz CT molecular complexity index is 434. The maximum Gasteiger partial charge on any atom is 0.0491 e. The molecule has 0 amide bonds. The third-order valence-electron chi connectivity index (χ3n) is 3.06. The van der Waals surface area contributed by atoms with Gasteiger partial charge in [0, 0.05) is 41.3 Å². The normalized spacial score (nSPS) is 16.6. The third-order valence-corrected chi connectivity index (χ3v) is 3.28. The highest BCUT2D eigenvalue weighted by molar-refractivity contribution is 6.31. The van der Waals surface area contributed by atoms with Gasteiger partial charge in [-0.15, -0.1) is 13.2 Å². The molecule has 4 nitrogen and oxygen atoms in total. The van der Waals surface area contributed by atoms with Gasteiger partial charge >= 0.3 is 0 Å². The van der Waals surface area contributed by atoms with Crippen molar-refractivity contribution in [1.82, 2.24) is 0 Å². The lowest BCUT2D eigenvalue weighted by Crippen LogP contribution is -2.21. The Morgan fingerprint density at radius 1 is 1.40 bits per heavy atom. The van der Waals surface area contributed by atoms with E-state index in [1.54, 1.807) is 6.07 Å². The first-order valence-corrected chi connectivity index (χ1v) is 6.91. The van der Waals surface area contributed by atoms with Crippen LogP contribution in [0.15, 0.2) is 25.3 Å². The van der Waals surface area contributed by atoms with Crippen LogP contribution in [0.5, 0.6) is 0 Å². The van der Waals surface area contributed by atoms with E-state index in [9.17, 15) is 0 Å². The maximum absolute atomic E-state index is 7.44. The predicted molar refractivity (Wildman–Crippen MR) is 91.1 cm³/mol. The Balaban J connectivity index is 0.000000829. The smallest absolute Gasteiger partial charge is 0.0491 e. The molecular weight excluding hydrogens is 272 g/mol. The molecule has 112 valence electrons. The van der Waals surface area contributed by atoms with E-state index in [0.717, 1.165) is 24.3 Å². The zero-order chi connectivity index (χ0) is 15.7. The van der Waals surface area contributed by atoms with Crippen molar-refractivity contribution in [1.29, 1.82) is 5.41 Å². The predicted octanol–water partition coefficient (Wildman–Crippen LogP) is 3.14. The Labute approximate surface area is 126 Å². The van der Waals surface area contributed by atoms with E-state index < -0.39 is 0 Å². The van der Waals surface area contributed by atoms with E-state index >= 15 is 0 Å². The number of nitrogen functional groups attached to an aromatic ring is 1. The Morgan fingerprint density at radius 2 is 2.00 bits per heavy atom. The highest BCUT2D eigenvalue weighted by atomic mass is 35.5. The highest BCUT2D eigenvalue weighted by Gasteiger charge is 2.21. The van der Waals surface area contributed by atoms with Gasteiger partial charge in [-0.05, 0) is 31.5 Å². The van der Waals surface area contributed by atoms with Crippen LogP contribution >= 0.6 is 11.6 Å². The lowest BCUT2D eigenvalue weighted by atomic mass is 10.1. The SMILES string of the molecule is C=C.CC1CCN(c2cc(Cl)cc(N)c2C=N)C1.CN. The summed E-state index contributed by atoms with van der Waals surface area (Å²) in [7, 11) is 1.50. The molecule has 1 saturated heterocycles. The fraction of sp³-hybridized carbons (Fsp3) is 0.400. The van der Waals surface area contributed by atoms with Crippen molar-refractivity contribution < 1.29 is 0 Å². The van der Waals surface area contributed by atoms with Gasteiger partial charge in [0.1, 0.15) is 0 Å². The second kappa shape index (κ2) is 9.39. The fourth-order valence-corrected chi connectivity index (χ4v) is 2.42. The summed E-state index contributed by atoms with van der Waals surface area (Å²) in [6.07, 6.45) is 2.49. The summed E-state index contributed by atoms with van der Waals surface area (Å²) < 4.78 is 0. The second-order valence-electron chi connectivity index (χ2n) is 4.41. The molecule has 1 fully saturated rings. The standard InChI is InChI=1S/C12H16ClN3.C2H4.CH5N/c1-8-2-3-16(7-8)12-5-9(13)4-11(15)10(12)6-14;2*1-2/h4-6,8,14H,2-3,7,15H2,1H3;1-2H2;2H2,1H3. The van der Waals surface area contributed by atoms with Gasteiger partial charge in [-0.3, -0.25) is 0 Å². The van der Waals surface area contributed by atoms with E-state index in [-0.39, 0.29) is 0 Å². The van der Waals surface area contributed by atoms with E-state index in [2.05, 4.69) is 30.7 Å². The summed E-state index contributed by atoms with van der Waals surface area (Å²) in [5, 5.41) is 8.07. The summed E-state index contributed by atoms with van der Waals surface area (Å²) in [5.74, 6) is 0.693. The number of benzene rings is 1. The van der Waals surface area contributed by atoms with Gasteiger partial charge in [-0.1, -0.05) is 18.5 Å². The lowest BCUT2D eigenvalue weighted by Gasteiger charge is -2.21. The summed E-state index contributed by atoms with van der Waals surface area (Å²) in [5.41, 5.74) is 12.7. The van der Waals surface area contributed by atoms with Crippen molar-refractivity contribution in [3.63, 3.8) is 0 Å². The molecule has 1 aliphatic heterocycles. The molecular formula is C15H25ClN4. The molecule has 0 radical (unpaired) electrons. The summed E-state index contributed by atoms with van der Waals surface area (Å²) >= 11 is 6.01. The lowest BCUT2D eigenvalue weighted by molar-refractivity contribution is 0.659. The number of anilines is 2. The van der Waals surface area contributed by atoms with Crippen LogP contribution in [0.25, 0.3) is 0 Å². The van der Waals surface area contributed by atoms with Crippen molar-refractivity contribution >= 4 is 29.2 Å². The van der Waals surface area contributed by atoms with Crippen molar-refractivity contribution in [2.75, 3.05) is 30.8 Å². The van der Waals surface area contributed by atoms with E-state index in [1.165, 1.54) is 19.7 Å². The maximum atomic E-state index is 7.44. The first-order valence-electron chi connectivity index (χ1n) is 6.54. The van der Waals surface area contributed by atoms with Crippen LogP contribution < -0.4 is 16.4 Å². The van der Waals surface area contributed by atoms with Gasteiger partial charge in [0.15, 0.2) is 0 Å². The number of hydrogen-bond donors (Lipinski definition) is 3. The minimum absolute atomic E-state index is 0.581. The van der Waals surface area contributed by atoms with E-state index in [4.69, 9.17) is 22.7 Å². The number of nitrogens with two attached hydrogens (primary N) is 2. The molecule has 2 rings (SSSR count). The van der Waals surface area contributed by atoms with E-state index in [0.29, 0.717) is 16.6 Å². The zero-order valence-corrected chi connectivity index (χ0v) is 13.1. The zero-order valence-electron chi connectivity index (χ0n) is 12.3. The molecule has 1 atom stereocenters. The van der Waals surface area contributed by atoms with Gasteiger partial charge in [-0.25, -0.2) is 0 Å². The van der Waals surface area contributed by atoms with Gasteiger partial charge in [0.25, 0.3) is 0 Å². The molecule has 0 bridgehead atoms. The molecule has 0 aliphatic carbocycles. The average molecular weight is 297 g/mol. The summed E-state index contributed by atoms with van der Waals surface area (Å²) in [4.78, 5) is 2.26. The molecule has 1 heterocycles. The molecule has 1 aliphatic rings. The van der Waals surface area contributed by atoms with Crippen LogP contribution in [-0.4, -0.2) is 26.4 Å². The Morgan fingerprint density at radius 3 is 2.45 bits per heavy atom. The number of nitrogens with zero attached hydrogens (tertiary/aromatic N) is 1. The van der Waals surface area contributed by atoms with Crippen LogP contribution in [0.1, 0.15) is 18.9 Å². The van der Waals surface area contributed by atoms with Gasteiger partial charge in [0.2, 0.25) is 0 Å². The minimum Gasteiger partial charge on any atom is -0.398 e. The molecule has 1 aromatic carbocycles. The van der Waals surface area contributed by atoms with Crippen molar-refractivity contribution in [2.45, 2.75) is 13.3 Å². The number of hydrogen-bond acceptors (Lipinski definition) is 4. The van der Waals surface area contributed by atoms with Crippen LogP contribution in [0.2, 0.25) is 5.02 Å². The largest absolute Gasteiger partial charge is 0.398 e. The second-order valence-corrected chi connectivity index (χ2v) is 4.85. The molecule has 0 spiro atoms. The highest BCUT2D eigenvalue weighted by Crippen LogP contribution is 2.32. The van der Waals surface area contributed by atoms with Gasteiger partial charge < -0.3 is 21.8 Å². The van der Waals surface area contributed by atoms with Crippen LogP contribution in [0.3, 0.4) is 0 Å². The molecule has 5 heteroatoms. The van der Waals surface area contributed by atoms with Crippen molar-refractivity contribution in [3.8, 4) is 0 Å². The van der Waals surface area contributed by atoms with Crippen LogP contribution in [0, 0.1) is 11.3 Å². The van der Waals surface area contributed by atoms with Crippen LogP contribution in [-0.2, 0) is 0 Å². The van der Waals surface area contributed by atoms with Crippen LogP contribution in [0.4, 0.5) is 11.4 Å².